The maximum atomic E-state index is 12.8. The van der Waals surface area contributed by atoms with Crippen molar-refractivity contribution in [2.45, 2.75) is 33.1 Å². The molecule has 0 aliphatic carbocycles. The molecular weight excluding hydrogens is 390 g/mol. The van der Waals surface area contributed by atoms with Crippen LogP contribution in [0.15, 0.2) is 26.6 Å². The number of thiophene rings is 1. The van der Waals surface area contributed by atoms with Crippen LogP contribution in [0.3, 0.4) is 0 Å². The lowest BCUT2D eigenvalue weighted by Gasteiger charge is -2.34. The van der Waals surface area contributed by atoms with Crippen molar-refractivity contribution < 1.29 is 13.8 Å². The first-order valence-electron chi connectivity index (χ1n) is 9.99. The van der Waals surface area contributed by atoms with Gasteiger partial charge in [-0.05, 0) is 31.3 Å². The molecule has 1 aliphatic rings. The summed E-state index contributed by atoms with van der Waals surface area (Å²) in [5.74, 6) is 2.05. The fraction of sp³-hybridized carbons (Fsp3) is 0.500. The SMILES string of the molecule is CCc1onc(C)c1C(=O)N1CCN(CCCc2nc(-c3cccs3)no2)CC1. The second-order valence-electron chi connectivity index (χ2n) is 7.15. The first-order valence-corrected chi connectivity index (χ1v) is 10.9. The van der Waals surface area contributed by atoms with E-state index in [4.69, 9.17) is 9.05 Å². The second-order valence-corrected chi connectivity index (χ2v) is 8.09. The first-order chi connectivity index (χ1) is 14.2. The number of amides is 1. The molecule has 0 unspecified atom stereocenters. The summed E-state index contributed by atoms with van der Waals surface area (Å²) >= 11 is 1.61. The standard InChI is InChI=1S/C20H25N5O3S/c1-3-15-18(14(2)22-27-15)20(26)25-11-9-24(10-12-25)8-4-7-17-21-19(23-28-17)16-6-5-13-29-16/h5-6,13H,3-4,7-12H2,1-2H3. The van der Waals surface area contributed by atoms with Gasteiger partial charge in [0.1, 0.15) is 11.3 Å². The molecule has 0 bridgehead atoms. The molecule has 1 aliphatic heterocycles. The van der Waals surface area contributed by atoms with Crippen LogP contribution in [0, 0.1) is 6.92 Å². The Bertz CT molecular complexity index is 941. The van der Waals surface area contributed by atoms with Crippen molar-refractivity contribution in [3.05, 3.63) is 40.4 Å². The number of rotatable bonds is 7. The third kappa shape index (κ3) is 4.40. The Morgan fingerprint density at radius 2 is 2.03 bits per heavy atom. The quantitative estimate of drug-likeness (QED) is 0.586. The molecule has 3 aromatic heterocycles. The predicted molar refractivity (Wildman–Crippen MR) is 109 cm³/mol. The Morgan fingerprint density at radius 1 is 1.21 bits per heavy atom. The molecule has 0 atom stereocenters. The number of hydrogen-bond acceptors (Lipinski definition) is 8. The molecule has 1 saturated heterocycles. The molecule has 0 spiro atoms. The van der Waals surface area contributed by atoms with E-state index in [1.54, 1.807) is 11.3 Å². The van der Waals surface area contributed by atoms with Gasteiger partial charge in [0.25, 0.3) is 5.91 Å². The van der Waals surface area contributed by atoms with Crippen molar-refractivity contribution in [3.8, 4) is 10.7 Å². The molecule has 154 valence electrons. The van der Waals surface area contributed by atoms with E-state index in [1.165, 1.54) is 0 Å². The summed E-state index contributed by atoms with van der Waals surface area (Å²) in [7, 11) is 0. The van der Waals surface area contributed by atoms with E-state index in [0.717, 1.165) is 50.4 Å². The number of carbonyl (C=O) groups excluding carboxylic acids is 1. The van der Waals surface area contributed by atoms with Crippen molar-refractivity contribution in [1.29, 1.82) is 0 Å². The molecule has 0 N–H and O–H groups in total. The minimum absolute atomic E-state index is 0.0345. The number of aryl methyl sites for hydroxylation is 3. The van der Waals surface area contributed by atoms with Gasteiger partial charge in [-0.1, -0.05) is 23.3 Å². The molecule has 29 heavy (non-hydrogen) atoms. The fourth-order valence-corrected chi connectivity index (χ4v) is 4.23. The monoisotopic (exact) mass is 415 g/mol. The van der Waals surface area contributed by atoms with Gasteiger partial charge in [0, 0.05) is 39.0 Å². The molecule has 4 rings (SSSR count). The van der Waals surface area contributed by atoms with Crippen molar-refractivity contribution >= 4 is 17.2 Å². The van der Waals surface area contributed by atoms with Crippen LogP contribution in [0.4, 0.5) is 0 Å². The Balaban J connectivity index is 1.23. The average Bonchev–Trinajstić information content (AvgIpc) is 3.48. The molecule has 9 heteroatoms. The van der Waals surface area contributed by atoms with E-state index in [1.807, 2.05) is 36.3 Å². The van der Waals surface area contributed by atoms with Gasteiger partial charge in [-0.25, -0.2) is 0 Å². The normalized spacial score (nSPS) is 15.2. The highest BCUT2D eigenvalue weighted by Gasteiger charge is 2.27. The molecule has 0 aromatic carbocycles. The topological polar surface area (TPSA) is 88.5 Å². The summed E-state index contributed by atoms with van der Waals surface area (Å²) in [5.41, 5.74) is 1.31. The van der Waals surface area contributed by atoms with Gasteiger partial charge in [-0.15, -0.1) is 11.3 Å². The molecular formula is C20H25N5O3S. The van der Waals surface area contributed by atoms with Crippen LogP contribution in [0.5, 0.6) is 0 Å². The lowest BCUT2D eigenvalue weighted by atomic mass is 10.1. The van der Waals surface area contributed by atoms with Crippen LogP contribution in [-0.4, -0.2) is 63.7 Å². The van der Waals surface area contributed by atoms with Crippen molar-refractivity contribution in [1.82, 2.24) is 25.1 Å². The zero-order chi connectivity index (χ0) is 20.2. The van der Waals surface area contributed by atoms with Crippen molar-refractivity contribution in [2.75, 3.05) is 32.7 Å². The first kappa shape index (κ1) is 19.8. The minimum atomic E-state index is 0.0345. The molecule has 0 radical (unpaired) electrons. The molecule has 1 fully saturated rings. The summed E-state index contributed by atoms with van der Waals surface area (Å²) in [4.78, 5) is 22.6. The lowest BCUT2D eigenvalue weighted by molar-refractivity contribution is 0.0633. The van der Waals surface area contributed by atoms with Crippen LogP contribution >= 0.6 is 11.3 Å². The van der Waals surface area contributed by atoms with E-state index in [2.05, 4.69) is 20.2 Å². The van der Waals surface area contributed by atoms with Gasteiger partial charge in [0.05, 0.1) is 10.6 Å². The van der Waals surface area contributed by atoms with Crippen LogP contribution < -0.4 is 0 Å². The third-order valence-corrected chi connectivity index (χ3v) is 6.07. The number of aromatic nitrogens is 3. The summed E-state index contributed by atoms with van der Waals surface area (Å²) in [6, 6.07) is 3.97. The van der Waals surface area contributed by atoms with Gasteiger partial charge in [0.2, 0.25) is 11.7 Å². The summed E-state index contributed by atoms with van der Waals surface area (Å²) < 4.78 is 10.6. The number of piperazine rings is 1. The maximum absolute atomic E-state index is 12.8. The molecule has 3 aromatic rings. The fourth-order valence-electron chi connectivity index (χ4n) is 3.58. The zero-order valence-corrected chi connectivity index (χ0v) is 17.6. The van der Waals surface area contributed by atoms with E-state index in [-0.39, 0.29) is 5.91 Å². The maximum Gasteiger partial charge on any atom is 0.259 e. The van der Waals surface area contributed by atoms with E-state index in [9.17, 15) is 4.79 Å². The van der Waals surface area contributed by atoms with Gasteiger partial charge >= 0.3 is 0 Å². The number of carbonyl (C=O) groups is 1. The van der Waals surface area contributed by atoms with E-state index >= 15 is 0 Å². The largest absolute Gasteiger partial charge is 0.360 e. The highest BCUT2D eigenvalue weighted by atomic mass is 32.1. The Labute approximate surface area is 173 Å². The Kier molecular flexibility index (Phi) is 6.05. The summed E-state index contributed by atoms with van der Waals surface area (Å²) in [6.45, 7) is 7.91. The van der Waals surface area contributed by atoms with E-state index < -0.39 is 0 Å². The molecule has 4 heterocycles. The van der Waals surface area contributed by atoms with Gasteiger partial charge in [-0.3, -0.25) is 9.69 Å². The van der Waals surface area contributed by atoms with Crippen LogP contribution in [0.25, 0.3) is 10.7 Å². The van der Waals surface area contributed by atoms with Crippen LogP contribution in [-0.2, 0) is 12.8 Å². The Hall–Kier alpha value is -2.52. The lowest BCUT2D eigenvalue weighted by Crippen LogP contribution is -2.49. The predicted octanol–water partition coefficient (Wildman–Crippen LogP) is 3.05. The van der Waals surface area contributed by atoms with Gasteiger partial charge in [-0.2, -0.15) is 4.98 Å². The summed E-state index contributed by atoms with van der Waals surface area (Å²) in [6.07, 6.45) is 2.38. The third-order valence-electron chi connectivity index (χ3n) is 5.20. The number of hydrogen-bond donors (Lipinski definition) is 0. The van der Waals surface area contributed by atoms with Gasteiger partial charge < -0.3 is 13.9 Å². The van der Waals surface area contributed by atoms with Gasteiger partial charge in [0.15, 0.2) is 0 Å². The second kappa shape index (κ2) is 8.87. The molecule has 0 saturated carbocycles. The van der Waals surface area contributed by atoms with Crippen LogP contribution in [0.1, 0.15) is 41.0 Å². The zero-order valence-electron chi connectivity index (χ0n) is 16.8. The highest BCUT2D eigenvalue weighted by molar-refractivity contribution is 7.13. The van der Waals surface area contributed by atoms with Crippen molar-refractivity contribution in [3.63, 3.8) is 0 Å². The van der Waals surface area contributed by atoms with E-state index in [0.29, 0.717) is 35.2 Å². The van der Waals surface area contributed by atoms with Crippen molar-refractivity contribution in [2.24, 2.45) is 0 Å². The Morgan fingerprint density at radius 3 is 2.76 bits per heavy atom. The van der Waals surface area contributed by atoms with Crippen LogP contribution in [0.2, 0.25) is 0 Å². The highest BCUT2D eigenvalue weighted by Crippen LogP contribution is 2.22. The minimum Gasteiger partial charge on any atom is -0.360 e. The molecule has 1 amide bonds. The summed E-state index contributed by atoms with van der Waals surface area (Å²) in [5, 5.41) is 10.0. The number of nitrogens with zero attached hydrogens (tertiary/aromatic N) is 5. The smallest absolute Gasteiger partial charge is 0.259 e. The average molecular weight is 416 g/mol. The molecule has 8 nitrogen and oxygen atoms in total.